The van der Waals surface area contributed by atoms with Crippen LogP contribution in [0.5, 0.6) is 0 Å². The Hall–Kier alpha value is -2.41. The van der Waals surface area contributed by atoms with Gasteiger partial charge in [0.05, 0.1) is 0 Å². The van der Waals surface area contributed by atoms with E-state index in [-0.39, 0.29) is 29.7 Å². The Bertz CT molecular complexity index is 879. The van der Waals surface area contributed by atoms with Crippen molar-refractivity contribution in [1.82, 2.24) is 15.1 Å². The van der Waals surface area contributed by atoms with Crippen molar-refractivity contribution in [2.75, 3.05) is 18.0 Å². The number of carbonyl (C=O) groups is 3. The summed E-state index contributed by atoms with van der Waals surface area (Å²) in [6.45, 7) is 13.7. The number of rotatable bonds is 2. The SMILES string of the molecule is CC1CN(C(C)(C)C)CC(C)N1c1ccc2c(c1)CN([C@H]1CCC(=O)NC1=O)C2=O. The van der Waals surface area contributed by atoms with E-state index in [9.17, 15) is 14.4 Å². The highest BCUT2D eigenvalue weighted by molar-refractivity contribution is 6.05. The Labute approximate surface area is 178 Å². The normalized spacial score (nSPS) is 28.0. The summed E-state index contributed by atoms with van der Waals surface area (Å²) in [4.78, 5) is 43.2. The van der Waals surface area contributed by atoms with Gasteiger partial charge in [0, 0.05) is 54.9 Å². The molecule has 3 atom stereocenters. The number of amides is 3. The van der Waals surface area contributed by atoms with Crippen LogP contribution < -0.4 is 10.2 Å². The number of nitrogens with zero attached hydrogens (tertiary/aromatic N) is 3. The van der Waals surface area contributed by atoms with Gasteiger partial charge >= 0.3 is 0 Å². The molecule has 2 saturated heterocycles. The summed E-state index contributed by atoms with van der Waals surface area (Å²) in [6.07, 6.45) is 0.662. The first-order valence-corrected chi connectivity index (χ1v) is 10.9. The molecular weight excluding hydrogens is 380 g/mol. The Morgan fingerprint density at radius 1 is 1.03 bits per heavy atom. The van der Waals surface area contributed by atoms with Crippen molar-refractivity contribution in [3.8, 4) is 0 Å². The lowest BCUT2D eigenvalue weighted by Gasteiger charge is -2.50. The van der Waals surface area contributed by atoms with Gasteiger partial charge in [0.15, 0.2) is 0 Å². The Balaban J connectivity index is 1.55. The number of benzene rings is 1. The zero-order chi connectivity index (χ0) is 21.8. The molecule has 0 spiro atoms. The van der Waals surface area contributed by atoms with Crippen molar-refractivity contribution < 1.29 is 14.4 Å². The number of piperazine rings is 1. The van der Waals surface area contributed by atoms with Crippen LogP contribution in [0.3, 0.4) is 0 Å². The highest BCUT2D eigenvalue weighted by Crippen LogP contribution is 2.33. The van der Waals surface area contributed by atoms with E-state index in [1.807, 2.05) is 12.1 Å². The van der Waals surface area contributed by atoms with E-state index >= 15 is 0 Å². The summed E-state index contributed by atoms with van der Waals surface area (Å²) >= 11 is 0. The van der Waals surface area contributed by atoms with E-state index in [0.717, 1.165) is 24.3 Å². The quantitative estimate of drug-likeness (QED) is 0.754. The number of hydrogen-bond acceptors (Lipinski definition) is 5. The zero-order valence-electron chi connectivity index (χ0n) is 18.6. The van der Waals surface area contributed by atoms with Gasteiger partial charge in [-0.3, -0.25) is 24.6 Å². The molecule has 3 amide bonds. The fourth-order valence-corrected chi connectivity index (χ4v) is 5.10. The van der Waals surface area contributed by atoms with Crippen LogP contribution in [0.25, 0.3) is 0 Å². The minimum atomic E-state index is -0.570. The molecule has 0 aliphatic carbocycles. The van der Waals surface area contributed by atoms with E-state index in [2.05, 4.69) is 55.8 Å². The third-order valence-corrected chi connectivity index (χ3v) is 6.67. The molecule has 2 unspecified atom stereocenters. The second kappa shape index (κ2) is 7.38. The minimum absolute atomic E-state index is 0.121. The molecule has 3 heterocycles. The molecule has 4 rings (SSSR count). The highest BCUT2D eigenvalue weighted by Gasteiger charge is 2.40. The molecule has 162 valence electrons. The molecular formula is C23H32N4O3. The van der Waals surface area contributed by atoms with Crippen LogP contribution in [0.2, 0.25) is 0 Å². The van der Waals surface area contributed by atoms with Gasteiger partial charge in [-0.25, -0.2) is 0 Å². The molecule has 7 heteroatoms. The maximum Gasteiger partial charge on any atom is 0.255 e. The second-order valence-electron chi connectivity index (χ2n) is 9.92. The average Bonchev–Trinajstić information content (AvgIpc) is 2.96. The van der Waals surface area contributed by atoms with Gasteiger partial charge in [-0.2, -0.15) is 0 Å². The molecule has 1 aromatic rings. The number of fused-ring (bicyclic) bond motifs is 1. The first kappa shape index (κ1) is 20.8. The van der Waals surface area contributed by atoms with Gasteiger partial charge in [-0.15, -0.1) is 0 Å². The zero-order valence-corrected chi connectivity index (χ0v) is 18.6. The highest BCUT2D eigenvalue weighted by atomic mass is 16.2. The lowest BCUT2D eigenvalue weighted by Crippen LogP contribution is -2.61. The average molecular weight is 413 g/mol. The first-order valence-electron chi connectivity index (χ1n) is 10.9. The number of anilines is 1. The fraction of sp³-hybridized carbons (Fsp3) is 0.609. The van der Waals surface area contributed by atoms with Crippen molar-refractivity contribution in [1.29, 1.82) is 0 Å². The van der Waals surface area contributed by atoms with Crippen LogP contribution in [0, 0.1) is 0 Å². The van der Waals surface area contributed by atoms with Gasteiger partial charge in [-0.05, 0) is 64.8 Å². The topological polar surface area (TPSA) is 73.0 Å². The smallest absolute Gasteiger partial charge is 0.255 e. The lowest BCUT2D eigenvalue weighted by atomic mass is 9.98. The van der Waals surface area contributed by atoms with Crippen molar-refractivity contribution >= 4 is 23.4 Å². The number of carbonyl (C=O) groups excluding carboxylic acids is 3. The van der Waals surface area contributed by atoms with E-state index in [1.165, 1.54) is 0 Å². The van der Waals surface area contributed by atoms with Gasteiger partial charge in [0.1, 0.15) is 6.04 Å². The van der Waals surface area contributed by atoms with Crippen LogP contribution in [0.4, 0.5) is 5.69 Å². The summed E-state index contributed by atoms with van der Waals surface area (Å²) in [7, 11) is 0. The first-order chi connectivity index (χ1) is 14.1. The standard InChI is InChI=1S/C23H32N4O3/c1-14-11-25(23(3,4)5)12-15(2)27(14)17-6-7-18-16(10-17)13-26(22(18)30)19-8-9-20(28)24-21(19)29/h6-7,10,14-15,19H,8-9,11-13H2,1-5H3,(H,24,28,29)/t14?,15?,19-/m0/s1. The third kappa shape index (κ3) is 3.60. The maximum absolute atomic E-state index is 12.9. The largest absolute Gasteiger partial charge is 0.364 e. The summed E-state index contributed by atoms with van der Waals surface area (Å²) in [5, 5.41) is 2.36. The van der Waals surface area contributed by atoms with Gasteiger partial charge in [0.25, 0.3) is 5.91 Å². The molecule has 0 aromatic heterocycles. The van der Waals surface area contributed by atoms with Crippen molar-refractivity contribution in [2.24, 2.45) is 0 Å². The van der Waals surface area contributed by atoms with Crippen molar-refractivity contribution in [3.63, 3.8) is 0 Å². The molecule has 7 nitrogen and oxygen atoms in total. The number of piperidine rings is 1. The Morgan fingerprint density at radius 2 is 1.70 bits per heavy atom. The lowest BCUT2D eigenvalue weighted by molar-refractivity contribution is -0.136. The minimum Gasteiger partial charge on any atom is -0.364 e. The Morgan fingerprint density at radius 3 is 2.30 bits per heavy atom. The van der Waals surface area contributed by atoms with Gasteiger partial charge < -0.3 is 9.80 Å². The summed E-state index contributed by atoms with van der Waals surface area (Å²) in [6, 6.07) is 6.18. The van der Waals surface area contributed by atoms with Crippen LogP contribution in [-0.2, 0) is 16.1 Å². The predicted octanol–water partition coefficient (Wildman–Crippen LogP) is 2.15. The molecule has 0 radical (unpaired) electrons. The summed E-state index contributed by atoms with van der Waals surface area (Å²) in [5.74, 6) is -0.752. The number of nitrogens with one attached hydrogen (secondary N) is 1. The molecule has 1 aromatic carbocycles. The molecule has 1 N–H and O–H groups in total. The number of imide groups is 1. The van der Waals surface area contributed by atoms with Crippen molar-refractivity contribution in [3.05, 3.63) is 29.3 Å². The van der Waals surface area contributed by atoms with Crippen LogP contribution in [0.1, 0.15) is 63.4 Å². The number of hydrogen-bond donors (Lipinski definition) is 1. The van der Waals surface area contributed by atoms with Gasteiger partial charge in [-0.1, -0.05) is 0 Å². The van der Waals surface area contributed by atoms with Gasteiger partial charge in [0.2, 0.25) is 11.8 Å². The van der Waals surface area contributed by atoms with E-state index in [0.29, 0.717) is 30.6 Å². The molecule has 3 aliphatic rings. The monoisotopic (exact) mass is 412 g/mol. The molecule has 30 heavy (non-hydrogen) atoms. The predicted molar refractivity (Wildman–Crippen MR) is 115 cm³/mol. The molecule has 3 aliphatic heterocycles. The van der Waals surface area contributed by atoms with Crippen molar-refractivity contribution in [2.45, 2.75) is 77.7 Å². The molecule has 2 fully saturated rings. The third-order valence-electron chi connectivity index (χ3n) is 6.67. The summed E-state index contributed by atoms with van der Waals surface area (Å²) < 4.78 is 0. The van der Waals surface area contributed by atoms with E-state index < -0.39 is 6.04 Å². The second-order valence-corrected chi connectivity index (χ2v) is 9.92. The van der Waals surface area contributed by atoms with Crippen LogP contribution in [0.15, 0.2) is 18.2 Å². The van der Waals surface area contributed by atoms with E-state index in [1.54, 1.807) is 4.90 Å². The molecule has 0 bridgehead atoms. The summed E-state index contributed by atoms with van der Waals surface area (Å²) in [5.41, 5.74) is 2.89. The molecule has 0 saturated carbocycles. The van der Waals surface area contributed by atoms with Crippen LogP contribution in [-0.4, -0.2) is 64.3 Å². The maximum atomic E-state index is 12.9. The van der Waals surface area contributed by atoms with E-state index in [4.69, 9.17) is 0 Å². The fourth-order valence-electron chi connectivity index (χ4n) is 5.10. The van der Waals surface area contributed by atoms with Crippen LogP contribution >= 0.6 is 0 Å². The Kier molecular flexibility index (Phi) is 5.12.